The number of methoxy groups -OCH3 is 1. The normalized spacial score (nSPS) is 19.8. The predicted molar refractivity (Wildman–Crippen MR) is 118 cm³/mol. The molecule has 32 heavy (non-hydrogen) atoms. The van der Waals surface area contributed by atoms with Crippen molar-refractivity contribution in [2.24, 2.45) is 0 Å². The molecule has 2 N–H and O–H groups in total. The number of nitrogens with one attached hydrogen (secondary N) is 1. The van der Waals surface area contributed by atoms with Gasteiger partial charge in [0.1, 0.15) is 23.2 Å². The number of aliphatic hydroxyl groups is 1. The first-order valence-electron chi connectivity index (χ1n) is 10.6. The van der Waals surface area contributed by atoms with E-state index in [-0.39, 0.29) is 24.1 Å². The van der Waals surface area contributed by atoms with Crippen LogP contribution in [0.25, 0.3) is 11.3 Å². The van der Waals surface area contributed by atoms with Gasteiger partial charge < -0.3 is 15.2 Å². The SMILES string of the molecule is COc1cccc(F)c1-c1nccc2c1CN(c1cccc(N[C@@H]3CCC[C@@H]3O)n1)C2=O. The molecule has 1 amide bonds. The Morgan fingerprint density at radius 3 is 2.81 bits per heavy atom. The summed E-state index contributed by atoms with van der Waals surface area (Å²) >= 11 is 0. The number of rotatable bonds is 5. The van der Waals surface area contributed by atoms with Gasteiger partial charge in [-0.3, -0.25) is 14.7 Å². The second kappa shape index (κ2) is 8.20. The van der Waals surface area contributed by atoms with Crippen LogP contribution < -0.4 is 15.0 Å². The third kappa shape index (κ3) is 3.46. The third-order valence-corrected chi connectivity index (χ3v) is 6.10. The molecular formula is C24H23FN4O3. The Morgan fingerprint density at radius 1 is 1.19 bits per heavy atom. The number of benzene rings is 1. The number of aliphatic hydroxyl groups excluding tert-OH is 1. The van der Waals surface area contributed by atoms with Gasteiger partial charge in [-0.2, -0.15) is 0 Å². The van der Waals surface area contributed by atoms with Gasteiger partial charge in [0.15, 0.2) is 0 Å². The van der Waals surface area contributed by atoms with Gasteiger partial charge in [0.25, 0.3) is 5.91 Å². The average Bonchev–Trinajstić information content (AvgIpc) is 3.36. The molecular weight excluding hydrogens is 411 g/mol. The molecule has 2 aliphatic rings. The zero-order valence-electron chi connectivity index (χ0n) is 17.6. The maximum Gasteiger partial charge on any atom is 0.260 e. The van der Waals surface area contributed by atoms with E-state index in [2.05, 4.69) is 15.3 Å². The molecule has 0 radical (unpaired) electrons. The van der Waals surface area contributed by atoms with Crippen LogP contribution in [0.15, 0.2) is 48.7 Å². The molecule has 0 bridgehead atoms. The van der Waals surface area contributed by atoms with Crippen LogP contribution in [0.2, 0.25) is 0 Å². The van der Waals surface area contributed by atoms with Gasteiger partial charge in [0, 0.05) is 17.3 Å². The van der Waals surface area contributed by atoms with Crippen molar-refractivity contribution in [1.82, 2.24) is 9.97 Å². The summed E-state index contributed by atoms with van der Waals surface area (Å²) in [5.74, 6) is 0.762. The van der Waals surface area contributed by atoms with Gasteiger partial charge in [-0.15, -0.1) is 0 Å². The van der Waals surface area contributed by atoms with Crippen molar-refractivity contribution >= 4 is 17.5 Å². The first-order valence-corrected chi connectivity index (χ1v) is 10.6. The fourth-order valence-corrected chi connectivity index (χ4v) is 4.49. The summed E-state index contributed by atoms with van der Waals surface area (Å²) in [7, 11) is 1.47. The Balaban J connectivity index is 1.48. The number of pyridine rings is 2. The number of carbonyl (C=O) groups excluding carboxylic acids is 1. The maximum absolute atomic E-state index is 14.7. The molecule has 5 rings (SSSR count). The Labute approximate surface area is 184 Å². The van der Waals surface area contributed by atoms with E-state index in [1.807, 2.05) is 12.1 Å². The fraction of sp³-hybridized carbons (Fsp3) is 0.292. The van der Waals surface area contributed by atoms with Crippen molar-refractivity contribution in [1.29, 1.82) is 0 Å². The highest BCUT2D eigenvalue weighted by Gasteiger charge is 2.34. The number of fused-ring (bicyclic) bond motifs is 1. The maximum atomic E-state index is 14.7. The van der Waals surface area contributed by atoms with Crippen molar-refractivity contribution in [3.05, 3.63) is 65.6 Å². The molecule has 0 unspecified atom stereocenters. The van der Waals surface area contributed by atoms with E-state index in [1.54, 1.807) is 29.2 Å². The van der Waals surface area contributed by atoms with Crippen LogP contribution in [0, 0.1) is 5.82 Å². The molecule has 1 aromatic carbocycles. The number of halogens is 1. The summed E-state index contributed by atoms with van der Waals surface area (Å²) in [6.45, 7) is 0.220. The molecule has 2 atom stereocenters. The van der Waals surface area contributed by atoms with Gasteiger partial charge in [-0.25, -0.2) is 9.37 Å². The minimum absolute atomic E-state index is 0.0476. The number of ether oxygens (including phenoxy) is 1. The fourth-order valence-electron chi connectivity index (χ4n) is 4.49. The summed E-state index contributed by atoms with van der Waals surface area (Å²) in [5, 5.41) is 13.4. The zero-order chi connectivity index (χ0) is 22.2. The highest BCUT2D eigenvalue weighted by Crippen LogP contribution is 2.38. The highest BCUT2D eigenvalue weighted by molar-refractivity contribution is 6.10. The standard InChI is InChI=1S/C24H23FN4O3/c1-32-19-8-2-5-16(25)22(19)23-15-13-29(24(31)14(15)11-12-26-23)21-10-4-9-20(28-21)27-17-6-3-7-18(17)30/h2,4-5,8-12,17-18,30H,3,6-7,13H2,1H3,(H,27,28)/t17-,18+/m1/s1. The summed E-state index contributed by atoms with van der Waals surface area (Å²) in [6, 6.07) is 11.6. The van der Waals surface area contributed by atoms with Gasteiger partial charge in [0.2, 0.25) is 0 Å². The zero-order valence-corrected chi connectivity index (χ0v) is 17.6. The van der Waals surface area contributed by atoms with E-state index in [0.717, 1.165) is 19.3 Å². The van der Waals surface area contributed by atoms with E-state index < -0.39 is 11.9 Å². The van der Waals surface area contributed by atoms with Crippen LogP contribution in [-0.4, -0.2) is 40.2 Å². The molecule has 7 nitrogen and oxygen atoms in total. The first kappa shape index (κ1) is 20.4. The summed E-state index contributed by atoms with van der Waals surface area (Å²) in [4.78, 5) is 23.7. The Bertz CT molecular complexity index is 1190. The number of hydrogen-bond donors (Lipinski definition) is 2. The van der Waals surface area contributed by atoms with E-state index in [0.29, 0.717) is 34.2 Å². The molecule has 3 heterocycles. The topological polar surface area (TPSA) is 87.6 Å². The molecule has 3 aromatic rings. The molecule has 0 saturated heterocycles. The molecule has 2 aromatic heterocycles. The minimum Gasteiger partial charge on any atom is -0.496 e. The molecule has 1 aliphatic carbocycles. The van der Waals surface area contributed by atoms with Crippen LogP contribution in [-0.2, 0) is 6.54 Å². The number of anilines is 2. The lowest BCUT2D eigenvalue weighted by Gasteiger charge is -2.19. The molecule has 1 fully saturated rings. The lowest BCUT2D eigenvalue weighted by Crippen LogP contribution is -2.29. The van der Waals surface area contributed by atoms with E-state index in [9.17, 15) is 14.3 Å². The van der Waals surface area contributed by atoms with Crippen molar-refractivity contribution in [2.45, 2.75) is 38.0 Å². The van der Waals surface area contributed by atoms with Crippen LogP contribution in [0.5, 0.6) is 5.75 Å². The smallest absolute Gasteiger partial charge is 0.260 e. The Morgan fingerprint density at radius 2 is 2.03 bits per heavy atom. The number of amides is 1. The monoisotopic (exact) mass is 434 g/mol. The molecule has 0 spiro atoms. The van der Waals surface area contributed by atoms with E-state index >= 15 is 0 Å². The Hall–Kier alpha value is -3.52. The summed E-state index contributed by atoms with van der Waals surface area (Å²) in [6.07, 6.45) is 3.72. The molecule has 1 saturated carbocycles. The van der Waals surface area contributed by atoms with Gasteiger partial charge in [-0.1, -0.05) is 12.1 Å². The van der Waals surface area contributed by atoms with Gasteiger partial charge in [-0.05, 0) is 49.6 Å². The number of hydrogen-bond acceptors (Lipinski definition) is 6. The van der Waals surface area contributed by atoms with Crippen LogP contribution in [0.1, 0.15) is 35.2 Å². The quantitative estimate of drug-likeness (QED) is 0.636. The highest BCUT2D eigenvalue weighted by atomic mass is 19.1. The van der Waals surface area contributed by atoms with Crippen LogP contribution in [0.4, 0.5) is 16.0 Å². The van der Waals surface area contributed by atoms with Crippen molar-refractivity contribution in [2.75, 3.05) is 17.3 Å². The van der Waals surface area contributed by atoms with Crippen molar-refractivity contribution in [3.8, 4) is 17.0 Å². The van der Waals surface area contributed by atoms with Gasteiger partial charge in [0.05, 0.1) is 37.1 Å². The first-order chi connectivity index (χ1) is 15.6. The second-order valence-corrected chi connectivity index (χ2v) is 8.02. The van der Waals surface area contributed by atoms with E-state index in [1.165, 1.54) is 19.4 Å². The number of carbonyl (C=O) groups is 1. The number of aromatic nitrogens is 2. The Kier molecular flexibility index (Phi) is 5.22. The van der Waals surface area contributed by atoms with Crippen LogP contribution in [0.3, 0.4) is 0 Å². The van der Waals surface area contributed by atoms with Crippen molar-refractivity contribution < 1.29 is 19.0 Å². The summed E-state index contributed by atoms with van der Waals surface area (Å²) in [5.41, 5.74) is 1.72. The van der Waals surface area contributed by atoms with Crippen LogP contribution >= 0.6 is 0 Å². The molecule has 1 aliphatic heterocycles. The number of nitrogens with zero attached hydrogens (tertiary/aromatic N) is 3. The molecule has 8 heteroatoms. The lowest BCUT2D eigenvalue weighted by molar-refractivity contribution is 0.0996. The lowest BCUT2D eigenvalue weighted by atomic mass is 10.0. The minimum atomic E-state index is -0.462. The average molecular weight is 434 g/mol. The molecule has 164 valence electrons. The second-order valence-electron chi connectivity index (χ2n) is 8.02. The van der Waals surface area contributed by atoms with Gasteiger partial charge >= 0.3 is 0 Å². The van der Waals surface area contributed by atoms with E-state index in [4.69, 9.17) is 4.74 Å². The predicted octanol–water partition coefficient (Wildman–Crippen LogP) is 3.78. The largest absolute Gasteiger partial charge is 0.496 e. The third-order valence-electron chi connectivity index (χ3n) is 6.10. The van der Waals surface area contributed by atoms with Crippen molar-refractivity contribution in [3.63, 3.8) is 0 Å². The summed E-state index contributed by atoms with van der Waals surface area (Å²) < 4.78 is 20.1.